The molecule has 0 unspecified atom stereocenters. The molecule has 0 saturated carbocycles. The zero-order valence-electron chi connectivity index (χ0n) is 4.22. The fourth-order valence-corrected chi connectivity index (χ4v) is 0. The number of hydrogen-bond donors (Lipinski definition) is 0. The molecule has 0 aliphatic carbocycles. The van der Waals surface area contributed by atoms with Gasteiger partial charge in [-0.25, -0.2) is 0 Å². The van der Waals surface area contributed by atoms with Crippen LogP contribution >= 0.6 is 0 Å². The van der Waals surface area contributed by atoms with E-state index in [9.17, 15) is 0 Å². The number of nitrogens with zero attached hydrogens (tertiary/aromatic N) is 3. The predicted molar refractivity (Wildman–Crippen MR) is 14.9 cm³/mol. The Morgan fingerprint density at radius 1 is 0.625 bits per heavy atom. The Labute approximate surface area is 71.6 Å². The summed E-state index contributed by atoms with van der Waals surface area (Å²) in [7, 11) is 0. The minimum atomic E-state index is 0. The fraction of sp³-hybridized carbons (Fsp3) is 0. The molecule has 0 aliphatic rings. The summed E-state index contributed by atoms with van der Waals surface area (Å²) >= 11 is 0. The van der Waals surface area contributed by atoms with Crippen LogP contribution in [0.15, 0.2) is 0 Å². The van der Waals surface area contributed by atoms with Crippen LogP contribution in [-0.4, -0.2) is 0 Å². The summed E-state index contributed by atoms with van der Waals surface area (Å²) in [6, 6.07) is 0. The first-order valence-corrected chi connectivity index (χ1v) is 0.671. The molecule has 0 spiro atoms. The van der Waals surface area contributed by atoms with Gasteiger partial charge in [0.1, 0.15) is 0 Å². The normalized spacial score (nSPS) is 0.750. The summed E-state index contributed by atoms with van der Waals surface area (Å²) in [5, 5.41) is 18.8. The van der Waals surface area contributed by atoms with E-state index in [1.807, 2.05) is 0 Å². The Kier molecular flexibility index (Phi) is 7410. The number of rotatable bonds is 0. The Morgan fingerprint density at radius 3 is 0.625 bits per heavy atom. The third-order valence-electron chi connectivity index (χ3n) is 0. The van der Waals surface area contributed by atoms with Crippen molar-refractivity contribution in [1.29, 1.82) is 15.8 Å². The molecule has 0 atom stereocenters. The van der Waals surface area contributed by atoms with Crippen LogP contribution in [0.2, 0.25) is 0 Å². The van der Waals surface area contributed by atoms with Crippen molar-refractivity contribution in [1.82, 2.24) is 0 Å². The van der Waals surface area contributed by atoms with E-state index in [1.54, 1.807) is 0 Å². The van der Waals surface area contributed by atoms with Gasteiger partial charge in [0.15, 0.2) is 0 Å². The quantitative estimate of drug-likeness (QED) is 0.271. The summed E-state index contributed by atoms with van der Waals surface area (Å²) in [5.41, 5.74) is 0. The van der Waals surface area contributed by atoms with Crippen LogP contribution in [0.25, 0.3) is 0 Å². The Morgan fingerprint density at radius 2 is 0.625 bits per heavy atom. The first-order chi connectivity index (χ1) is 3.00. The van der Waals surface area contributed by atoms with E-state index in [1.165, 1.54) is 0 Å². The summed E-state index contributed by atoms with van der Waals surface area (Å²) in [6.45, 7) is 14.2. The van der Waals surface area contributed by atoms with Crippen molar-refractivity contribution < 1.29 is 35.9 Å². The maximum atomic E-state index is 6.25. The number of hydrogen-bond acceptors (Lipinski definition) is 3. The molecule has 3 nitrogen and oxygen atoms in total. The van der Waals surface area contributed by atoms with Crippen molar-refractivity contribution in [2.75, 3.05) is 0 Å². The Balaban J connectivity index is -0.00000000500. The molecular formula is C3LiMnN3. The van der Waals surface area contributed by atoms with E-state index in [2.05, 4.69) is 0 Å². The molecule has 35 valence electrons. The first kappa shape index (κ1) is 49.2. The molecule has 0 aromatic heterocycles. The smallest absolute Gasteiger partial charge is 0.512 e. The van der Waals surface area contributed by atoms with Crippen molar-refractivity contribution in [3.63, 3.8) is 0 Å². The zero-order valence-corrected chi connectivity index (χ0v) is 5.40. The first-order valence-electron chi connectivity index (χ1n) is 0.671. The third-order valence-corrected chi connectivity index (χ3v) is 0. The van der Waals surface area contributed by atoms with E-state index < -0.39 is 0 Å². The minimum Gasteiger partial charge on any atom is -0.512 e. The van der Waals surface area contributed by atoms with Crippen molar-refractivity contribution in [3.8, 4) is 0 Å². The van der Waals surface area contributed by atoms with Crippen molar-refractivity contribution in [3.05, 3.63) is 19.7 Å². The standard InChI is InChI=1S/3CN.Li.Mn/c3*1-2;;/q3*-1;+1;+2. The second-order valence-corrected chi connectivity index (χ2v) is 0. The van der Waals surface area contributed by atoms with Crippen LogP contribution in [0.3, 0.4) is 0 Å². The van der Waals surface area contributed by atoms with Gasteiger partial charge in [-0.3, -0.25) is 0 Å². The molecule has 8 heavy (non-hydrogen) atoms. The molecule has 0 aromatic rings. The molecule has 0 N–H and O–H groups in total. The summed E-state index contributed by atoms with van der Waals surface area (Å²) in [4.78, 5) is 0. The molecule has 5 heteroatoms. The minimum absolute atomic E-state index is 0. The van der Waals surface area contributed by atoms with E-state index in [4.69, 9.17) is 35.5 Å². The second-order valence-electron chi connectivity index (χ2n) is 0. The fourth-order valence-electron chi connectivity index (χ4n) is 0. The monoisotopic (exact) mass is 140 g/mol. The molecule has 0 rings (SSSR count). The van der Waals surface area contributed by atoms with Gasteiger partial charge in [-0.1, -0.05) is 0 Å². The molecule has 0 fully saturated rings. The maximum Gasteiger partial charge on any atom is 2.00 e. The van der Waals surface area contributed by atoms with Crippen LogP contribution in [0.4, 0.5) is 0 Å². The largest absolute Gasteiger partial charge is 2.00 e. The van der Waals surface area contributed by atoms with Gasteiger partial charge in [-0.2, -0.15) is 0 Å². The predicted octanol–water partition coefficient (Wildman–Crippen LogP) is -2.71. The second kappa shape index (κ2) is 1200. The van der Waals surface area contributed by atoms with Gasteiger partial charge in [-0.05, 0) is 0 Å². The van der Waals surface area contributed by atoms with Gasteiger partial charge < -0.3 is 35.5 Å². The van der Waals surface area contributed by atoms with Gasteiger partial charge in [-0.15, -0.1) is 0 Å². The van der Waals surface area contributed by atoms with Gasteiger partial charge in [0.25, 0.3) is 0 Å². The Bertz CT molecular complexity index is 43.0. The molecular weight excluding hydrogens is 140 g/mol. The molecule has 0 saturated heterocycles. The van der Waals surface area contributed by atoms with E-state index in [0.29, 0.717) is 0 Å². The summed E-state index contributed by atoms with van der Waals surface area (Å²) < 4.78 is 0. The van der Waals surface area contributed by atoms with Gasteiger partial charge in [0.2, 0.25) is 0 Å². The van der Waals surface area contributed by atoms with Crippen LogP contribution in [0.1, 0.15) is 0 Å². The molecule has 0 heterocycles. The molecule has 1 radical (unpaired) electrons. The summed E-state index contributed by atoms with van der Waals surface area (Å²) in [6.07, 6.45) is 0. The summed E-state index contributed by atoms with van der Waals surface area (Å²) in [5.74, 6) is 0. The van der Waals surface area contributed by atoms with Crippen molar-refractivity contribution >= 4 is 0 Å². The molecule has 0 amide bonds. The van der Waals surface area contributed by atoms with Crippen molar-refractivity contribution in [2.45, 2.75) is 0 Å². The van der Waals surface area contributed by atoms with Crippen LogP contribution in [0, 0.1) is 35.5 Å². The van der Waals surface area contributed by atoms with E-state index >= 15 is 0 Å². The van der Waals surface area contributed by atoms with Gasteiger partial charge >= 0.3 is 35.9 Å². The molecule has 0 aliphatic heterocycles. The van der Waals surface area contributed by atoms with Crippen LogP contribution in [-0.2, 0) is 17.1 Å². The van der Waals surface area contributed by atoms with E-state index in [-0.39, 0.29) is 35.9 Å². The SMILES string of the molecule is [C-]#N.[C-]#N.[C-]#N.[Li+].[Mn+2]. The van der Waals surface area contributed by atoms with Crippen molar-refractivity contribution in [2.24, 2.45) is 0 Å². The third kappa shape index (κ3) is 689. The van der Waals surface area contributed by atoms with Gasteiger partial charge in [0, 0.05) is 0 Å². The van der Waals surface area contributed by atoms with E-state index in [0.717, 1.165) is 0 Å². The Hall–Kier alpha value is -0.413. The van der Waals surface area contributed by atoms with Gasteiger partial charge in [0.05, 0.1) is 0 Å². The molecule has 0 aromatic carbocycles. The molecule has 0 bridgehead atoms. The zero-order chi connectivity index (χ0) is 6.00. The maximum absolute atomic E-state index is 6.25. The van der Waals surface area contributed by atoms with Crippen LogP contribution < -0.4 is 18.9 Å². The van der Waals surface area contributed by atoms with Crippen LogP contribution in [0.5, 0.6) is 0 Å². The topological polar surface area (TPSA) is 71.4 Å². The average Bonchev–Trinajstić information content (AvgIpc) is 1.81. The average molecular weight is 140 g/mol.